The van der Waals surface area contributed by atoms with Crippen LogP contribution in [0, 0.1) is 0 Å². The molecule has 0 unspecified atom stereocenters. The SMILES string of the molecule is CONCc1c2c(cc3c1OCCC3)OCCC2. The third kappa shape index (κ3) is 2.06. The number of hydrogen-bond acceptors (Lipinski definition) is 4. The molecule has 0 fully saturated rings. The Morgan fingerprint density at radius 1 is 1.22 bits per heavy atom. The predicted octanol–water partition coefficient (Wildman–Crippen LogP) is 1.99. The summed E-state index contributed by atoms with van der Waals surface area (Å²) in [5.41, 5.74) is 6.70. The van der Waals surface area contributed by atoms with Crippen LogP contribution in [0.15, 0.2) is 6.07 Å². The molecule has 4 heteroatoms. The zero-order valence-corrected chi connectivity index (χ0v) is 10.8. The summed E-state index contributed by atoms with van der Waals surface area (Å²) in [6.45, 7) is 2.31. The number of hydrogen-bond donors (Lipinski definition) is 1. The summed E-state index contributed by atoms with van der Waals surface area (Å²) in [5.74, 6) is 2.09. The van der Waals surface area contributed by atoms with Gasteiger partial charge in [0.15, 0.2) is 0 Å². The lowest BCUT2D eigenvalue weighted by Gasteiger charge is -2.27. The van der Waals surface area contributed by atoms with Gasteiger partial charge < -0.3 is 14.3 Å². The van der Waals surface area contributed by atoms with Crippen LogP contribution in [0.2, 0.25) is 0 Å². The molecule has 1 aromatic carbocycles. The summed E-state index contributed by atoms with van der Waals surface area (Å²) in [6.07, 6.45) is 4.30. The smallest absolute Gasteiger partial charge is 0.127 e. The standard InChI is InChI=1S/C14H19NO3/c1-16-15-9-12-11-5-3-6-17-13(11)8-10-4-2-7-18-14(10)12/h8,15H,2-7,9H2,1H3. The van der Waals surface area contributed by atoms with Gasteiger partial charge in [-0.05, 0) is 37.3 Å². The minimum atomic E-state index is 0.672. The zero-order chi connectivity index (χ0) is 12.4. The number of aryl methyl sites for hydroxylation is 1. The van der Waals surface area contributed by atoms with Gasteiger partial charge in [-0.25, -0.2) is 0 Å². The van der Waals surface area contributed by atoms with Gasteiger partial charge in [-0.1, -0.05) is 0 Å². The van der Waals surface area contributed by atoms with Gasteiger partial charge in [-0.2, -0.15) is 5.48 Å². The Bertz CT molecular complexity index is 411. The van der Waals surface area contributed by atoms with Crippen molar-refractivity contribution in [2.45, 2.75) is 32.2 Å². The summed E-state index contributed by atoms with van der Waals surface area (Å²) in [6, 6.07) is 2.17. The molecule has 2 aliphatic heterocycles. The fraction of sp³-hybridized carbons (Fsp3) is 0.571. The van der Waals surface area contributed by atoms with Gasteiger partial charge in [0, 0.05) is 11.1 Å². The van der Waals surface area contributed by atoms with Gasteiger partial charge in [0.05, 0.1) is 26.9 Å². The maximum atomic E-state index is 5.87. The Labute approximate surface area is 107 Å². The monoisotopic (exact) mass is 249 g/mol. The number of ether oxygens (including phenoxy) is 2. The fourth-order valence-corrected chi connectivity index (χ4v) is 2.76. The molecule has 0 bridgehead atoms. The van der Waals surface area contributed by atoms with Crippen LogP contribution in [0.4, 0.5) is 0 Å². The first-order valence-corrected chi connectivity index (χ1v) is 6.59. The zero-order valence-electron chi connectivity index (χ0n) is 10.8. The maximum absolute atomic E-state index is 5.87. The highest BCUT2D eigenvalue weighted by molar-refractivity contribution is 5.55. The highest BCUT2D eigenvalue weighted by Gasteiger charge is 2.23. The predicted molar refractivity (Wildman–Crippen MR) is 67.9 cm³/mol. The molecule has 0 saturated heterocycles. The molecule has 0 radical (unpaired) electrons. The molecule has 18 heavy (non-hydrogen) atoms. The van der Waals surface area contributed by atoms with Crippen LogP contribution in [0.3, 0.4) is 0 Å². The van der Waals surface area contributed by atoms with Crippen molar-refractivity contribution in [3.8, 4) is 11.5 Å². The average molecular weight is 249 g/mol. The first-order valence-electron chi connectivity index (χ1n) is 6.59. The van der Waals surface area contributed by atoms with E-state index in [2.05, 4.69) is 11.5 Å². The van der Waals surface area contributed by atoms with Crippen molar-refractivity contribution in [2.24, 2.45) is 0 Å². The Morgan fingerprint density at radius 2 is 2.06 bits per heavy atom. The highest BCUT2D eigenvalue weighted by atomic mass is 16.6. The summed E-state index contributed by atoms with van der Waals surface area (Å²) in [4.78, 5) is 4.98. The van der Waals surface area contributed by atoms with Crippen LogP contribution in [-0.4, -0.2) is 20.3 Å². The molecule has 1 aromatic rings. The van der Waals surface area contributed by atoms with Gasteiger partial charge in [0.25, 0.3) is 0 Å². The minimum absolute atomic E-state index is 0.672. The normalized spacial score (nSPS) is 17.4. The average Bonchev–Trinajstić information content (AvgIpc) is 2.43. The molecular formula is C14H19NO3. The Kier molecular flexibility index (Phi) is 3.39. The van der Waals surface area contributed by atoms with E-state index in [0.29, 0.717) is 6.54 Å². The summed E-state index contributed by atoms with van der Waals surface area (Å²) in [5, 5.41) is 0. The van der Waals surface area contributed by atoms with E-state index in [1.165, 1.54) is 16.7 Å². The van der Waals surface area contributed by atoms with Crippen molar-refractivity contribution in [1.29, 1.82) is 0 Å². The summed E-state index contributed by atoms with van der Waals surface area (Å²) < 4.78 is 11.7. The van der Waals surface area contributed by atoms with Gasteiger partial charge in [0.2, 0.25) is 0 Å². The van der Waals surface area contributed by atoms with Gasteiger partial charge in [-0.3, -0.25) is 0 Å². The van der Waals surface area contributed by atoms with E-state index in [1.807, 2.05) is 0 Å². The van der Waals surface area contributed by atoms with Crippen LogP contribution >= 0.6 is 0 Å². The number of nitrogens with one attached hydrogen (secondary N) is 1. The number of fused-ring (bicyclic) bond motifs is 2. The lowest BCUT2D eigenvalue weighted by Crippen LogP contribution is -2.20. The fourth-order valence-electron chi connectivity index (χ4n) is 2.76. The topological polar surface area (TPSA) is 39.7 Å². The van der Waals surface area contributed by atoms with Crippen LogP contribution in [-0.2, 0) is 24.2 Å². The van der Waals surface area contributed by atoms with Gasteiger partial charge in [-0.15, -0.1) is 0 Å². The molecule has 0 spiro atoms. The molecule has 0 aliphatic carbocycles. The van der Waals surface area contributed by atoms with Gasteiger partial charge in [0.1, 0.15) is 11.5 Å². The lowest BCUT2D eigenvalue weighted by atomic mass is 9.93. The van der Waals surface area contributed by atoms with E-state index < -0.39 is 0 Å². The largest absolute Gasteiger partial charge is 0.493 e. The molecule has 0 aromatic heterocycles. The Balaban J connectivity index is 2.05. The van der Waals surface area contributed by atoms with E-state index in [9.17, 15) is 0 Å². The third-order valence-electron chi connectivity index (χ3n) is 3.59. The summed E-state index contributed by atoms with van der Waals surface area (Å²) in [7, 11) is 1.64. The van der Waals surface area contributed by atoms with Crippen molar-refractivity contribution in [2.75, 3.05) is 20.3 Å². The molecular weight excluding hydrogens is 230 g/mol. The van der Waals surface area contributed by atoms with Crippen molar-refractivity contribution in [3.05, 3.63) is 22.8 Å². The van der Waals surface area contributed by atoms with Crippen LogP contribution in [0.1, 0.15) is 29.5 Å². The number of benzene rings is 1. The third-order valence-corrected chi connectivity index (χ3v) is 3.59. The van der Waals surface area contributed by atoms with E-state index in [1.54, 1.807) is 7.11 Å². The molecule has 3 rings (SSSR count). The van der Waals surface area contributed by atoms with Crippen molar-refractivity contribution >= 4 is 0 Å². The van der Waals surface area contributed by atoms with E-state index in [4.69, 9.17) is 14.3 Å². The molecule has 98 valence electrons. The Morgan fingerprint density at radius 3 is 2.94 bits per heavy atom. The van der Waals surface area contributed by atoms with Crippen molar-refractivity contribution in [3.63, 3.8) is 0 Å². The van der Waals surface area contributed by atoms with Crippen LogP contribution in [0.25, 0.3) is 0 Å². The van der Waals surface area contributed by atoms with Crippen molar-refractivity contribution < 1.29 is 14.3 Å². The van der Waals surface area contributed by atoms with Crippen molar-refractivity contribution in [1.82, 2.24) is 5.48 Å². The molecule has 0 amide bonds. The summed E-state index contributed by atoms with van der Waals surface area (Å²) >= 11 is 0. The van der Waals surface area contributed by atoms with E-state index in [-0.39, 0.29) is 0 Å². The molecule has 0 atom stereocenters. The molecule has 1 N–H and O–H groups in total. The second-order valence-electron chi connectivity index (χ2n) is 4.75. The quantitative estimate of drug-likeness (QED) is 0.832. The van der Waals surface area contributed by atoms with Gasteiger partial charge >= 0.3 is 0 Å². The number of rotatable bonds is 3. The Hall–Kier alpha value is -1.26. The molecule has 0 saturated carbocycles. The minimum Gasteiger partial charge on any atom is -0.493 e. The highest BCUT2D eigenvalue weighted by Crippen LogP contribution is 2.39. The maximum Gasteiger partial charge on any atom is 0.127 e. The van der Waals surface area contributed by atoms with Crippen LogP contribution < -0.4 is 15.0 Å². The van der Waals surface area contributed by atoms with E-state index >= 15 is 0 Å². The first-order chi connectivity index (χ1) is 8.90. The first kappa shape index (κ1) is 11.8. The second-order valence-corrected chi connectivity index (χ2v) is 4.75. The number of hydroxylamine groups is 1. The molecule has 2 aliphatic rings. The van der Waals surface area contributed by atoms with Crippen LogP contribution in [0.5, 0.6) is 11.5 Å². The van der Waals surface area contributed by atoms with E-state index in [0.717, 1.165) is 50.4 Å². The molecule has 4 nitrogen and oxygen atoms in total. The lowest BCUT2D eigenvalue weighted by molar-refractivity contribution is 0.0853. The molecule has 2 heterocycles. The second kappa shape index (κ2) is 5.16.